The molecule has 5 nitrogen and oxygen atoms in total. The van der Waals surface area contributed by atoms with Crippen LogP contribution in [0.5, 0.6) is 0 Å². The van der Waals surface area contributed by atoms with E-state index in [1.165, 1.54) is 32.1 Å². The Morgan fingerprint density at radius 2 is 1.96 bits per heavy atom. The quantitative estimate of drug-likeness (QED) is 0.384. The highest BCUT2D eigenvalue weighted by Gasteiger charge is 2.14. The number of hydrogen-bond acceptors (Lipinski definition) is 5. The van der Waals surface area contributed by atoms with Crippen molar-refractivity contribution in [2.24, 2.45) is 0 Å². The maximum Gasteiger partial charge on any atom is 0.184 e. The first kappa shape index (κ1) is 21.6. The first-order valence-electron chi connectivity index (χ1n) is 9.76. The molecule has 1 aromatic carbocycles. The summed E-state index contributed by atoms with van der Waals surface area (Å²) in [5.41, 5.74) is 0.842. The fourth-order valence-electron chi connectivity index (χ4n) is 3.34. The van der Waals surface area contributed by atoms with Crippen molar-refractivity contribution < 1.29 is 6.16 Å². The standard InChI is InChI=1S/C15H15N3O.C8H17N.H2/c1-4-17-15-8-14-7-12(10(2)19-11(3)16)5-6-13(14)9-18-15;1-9(2)8-6-4-3-5-7-8;/h4-9,16H,1-2H2,3H3,(H,17,18);8H,3-7H2,1-2H3;1H. The molecule has 0 saturated heterocycles. The Morgan fingerprint density at radius 3 is 2.54 bits per heavy atom. The molecule has 1 fully saturated rings. The van der Waals surface area contributed by atoms with Crippen molar-refractivity contribution in [3.8, 4) is 0 Å². The van der Waals surface area contributed by atoms with Gasteiger partial charge in [0.25, 0.3) is 0 Å². The number of rotatable bonds is 5. The molecule has 1 heterocycles. The van der Waals surface area contributed by atoms with E-state index in [4.69, 9.17) is 10.1 Å². The molecular weight excluding hydrogens is 348 g/mol. The SMILES string of the molecule is C=CNc1cc2cc(C(=C)OC(C)=N)ccc2cn1.CN(C)C1CCCCC1.[HH]. The Balaban J connectivity index is 0.000000355. The van der Waals surface area contributed by atoms with Gasteiger partial charge in [0.2, 0.25) is 0 Å². The molecule has 0 aliphatic heterocycles. The van der Waals surface area contributed by atoms with E-state index in [-0.39, 0.29) is 7.32 Å². The van der Waals surface area contributed by atoms with Gasteiger partial charge in [-0.1, -0.05) is 44.6 Å². The predicted octanol–water partition coefficient (Wildman–Crippen LogP) is 5.90. The van der Waals surface area contributed by atoms with Crippen LogP contribution in [0.3, 0.4) is 0 Å². The van der Waals surface area contributed by atoms with Crippen molar-refractivity contribution in [3.63, 3.8) is 0 Å². The number of fused-ring (bicyclic) bond motifs is 1. The molecule has 0 amide bonds. The van der Waals surface area contributed by atoms with Gasteiger partial charge in [-0.2, -0.15) is 0 Å². The fraction of sp³-hybridized carbons (Fsp3) is 0.391. The Bertz CT molecular complexity index is 829. The first-order valence-corrected chi connectivity index (χ1v) is 9.76. The zero-order valence-electron chi connectivity index (χ0n) is 17.3. The number of ether oxygens (including phenoxy) is 1. The van der Waals surface area contributed by atoms with Crippen molar-refractivity contribution in [1.29, 1.82) is 5.41 Å². The maximum atomic E-state index is 7.31. The van der Waals surface area contributed by atoms with Crippen LogP contribution in [-0.4, -0.2) is 35.9 Å². The molecule has 3 rings (SSSR count). The van der Waals surface area contributed by atoms with Crippen molar-refractivity contribution in [1.82, 2.24) is 9.88 Å². The molecule has 28 heavy (non-hydrogen) atoms. The van der Waals surface area contributed by atoms with Gasteiger partial charge in [0.15, 0.2) is 5.90 Å². The highest BCUT2D eigenvalue weighted by molar-refractivity contribution is 5.88. The van der Waals surface area contributed by atoms with Crippen LogP contribution < -0.4 is 5.32 Å². The van der Waals surface area contributed by atoms with Crippen LogP contribution in [0, 0.1) is 5.41 Å². The van der Waals surface area contributed by atoms with Gasteiger partial charge in [-0.05, 0) is 50.7 Å². The summed E-state index contributed by atoms with van der Waals surface area (Å²) in [6, 6.07) is 8.61. The second kappa shape index (κ2) is 10.6. The summed E-state index contributed by atoms with van der Waals surface area (Å²) < 4.78 is 5.20. The monoisotopic (exact) mass is 382 g/mol. The minimum Gasteiger partial charge on any atom is -0.444 e. The average molecular weight is 383 g/mol. The number of nitrogens with one attached hydrogen (secondary N) is 2. The van der Waals surface area contributed by atoms with Crippen LogP contribution in [0.4, 0.5) is 5.82 Å². The lowest BCUT2D eigenvalue weighted by Crippen LogP contribution is -2.29. The van der Waals surface area contributed by atoms with Crippen molar-refractivity contribution in [2.45, 2.75) is 45.1 Å². The largest absolute Gasteiger partial charge is 0.444 e. The van der Waals surface area contributed by atoms with E-state index in [0.29, 0.717) is 5.76 Å². The number of pyridine rings is 1. The van der Waals surface area contributed by atoms with E-state index in [1.807, 2.05) is 24.3 Å². The topological polar surface area (TPSA) is 61.2 Å². The predicted molar refractivity (Wildman–Crippen MR) is 122 cm³/mol. The number of hydrogen-bond donors (Lipinski definition) is 2. The molecule has 1 aromatic heterocycles. The number of benzene rings is 1. The summed E-state index contributed by atoms with van der Waals surface area (Å²) in [4.78, 5) is 6.61. The van der Waals surface area contributed by atoms with Gasteiger partial charge in [-0.25, -0.2) is 4.98 Å². The molecule has 0 unspecified atom stereocenters. The summed E-state index contributed by atoms with van der Waals surface area (Å²) in [5, 5.41) is 12.3. The smallest absolute Gasteiger partial charge is 0.184 e. The molecule has 0 atom stereocenters. The maximum absolute atomic E-state index is 7.31. The van der Waals surface area contributed by atoms with Crippen LogP contribution in [0.1, 0.15) is 46.0 Å². The van der Waals surface area contributed by atoms with Crippen LogP contribution in [0.25, 0.3) is 16.5 Å². The van der Waals surface area contributed by atoms with E-state index in [2.05, 4.69) is 42.5 Å². The number of nitrogens with zero attached hydrogens (tertiary/aromatic N) is 2. The number of anilines is 1. The summed E-state index contributed by atoms with van der Waals surface area (Å²) in [7, 11) is 4.38. The molecule has 2 aromatic rings. The third kappa shape index (κ3) is 6.50. The third-order valence-electron chi connectivity index (χ3n) is 4.87. The van der Waals surface area contributed by atoms with Gasteiger partial charge in [0, 0.05) is 31.5 Å². The van der Waals surface area contributed by atoms with Gasteiger partial charge < -0.3 is 15.0 Å². The molecule has 152 valence electrons. The molecule has 0 spiro atoms. The van der Waals surface area contributed by atoms with Crippen LogP contribution in [0.2, 0.25) is 0 Å². The molecule has 0 bridgehead atoms. The summed E-state index contributed by atoms with van der Waals surface area (Å²) in [5.74, 6) is 1.31. The van der Waals surface area contributed by atoms with Crippen molar-refractivity contribution in [2.75, 3.05) is 19.4 Å². The van der Waals surface area contributed by atoms with Crippen LogP contribution in [-0.2, 0) is 4.74 Å². The highest BCUT2D eigenvalue weighted by atomic mass is 16.5. The minimum atomic E-state index is 0. The van der Waals surface area contributed by atoms with E-state index in [1.54, 1.807) is 19.3 Å². The Hall–Kier alpha value is -2.66. The first-order chi connectivity index (χ1) is 13.4. The van der Waals surface area contributed by atoms with Gasteiger partial charge in [0.05, 0.1) is 0 Å². The molecule has 2 N–H and O–H groups in total. The summed E-state index contributed by atoms with van der Waals surface area (Å²) in [6.07, 6.45) is 10.6. The molecule has 5 heteroatoms. The normalized spacial score (nSPS) is 14.1. The third-order valence-corrected chi connectivity index (χ3v) is 4.87. The summed E-state index contributed by atoms with van der Waals surface area (Å²) in [6.45, 7) is 9.00. The zero-order valence-corrected chi connectivity index (χ0v) is 17.3. The Morgan fingerprint density at radius 1 is 1.25 bits per heavy atom. The van der Waals surface area contributed by atoms with Crippen molar-refractivity contribution in [3.05, 3.63) is 55.4 Å². The second-order valence-corrected chi connectivity index (χ2v) is 7.32. The Labute approximate surface area is 170 Å². The fourth-order valence-corrected chi connectivity index (χ4v) is 3.34. The second-order valence-electron chi connectivity index (χ2n) is 7.32. The van der Waals surface area contributed by atoms with E-state index < -0.39 is 0 Å². The molecule has 1 aliphatic carbocycles. The van der Waals surface area contributed by atoms with Gasteiger partial charge in [-0.15, -0.1) is 0 Å². The Kier molecular flexibility index (Phi) is 8.20. The summed E-state index contributed by atoms with van der Waals surface area (Å²) >= 11 is 0. The minimum absolute atomic E-state index is 0. The number of aromatic nitrogens is 1. The molecular formula is C23H34N4O. The average Bonchev–Trinajstić information content (AvgIpc) is 2.68. The zero-order chi connectivity index (χ0) is 20.5. The van der Waals surface area contributed by atoms with Gasteiger partial charge in [0.1, 0.15) is 11.6 Å². The molecule has 1 aliphatic rings. The molecule has 1 saturated carbocycles. The molecule has 0 radical (unpaired) electrons. The lowest BCUT2D eigenvalue weighted by Gasteiger charge is -2.27. The van der Waals surface area contributed by atoms with Crippen LogP contribution >= 0.6 is 0 Å². The van der Waals surface area contributed by atoms with Gasteiger partial charge in [-0.3, -0.25) is 5.41 Å². The van der Waals surface area contributed by atoms with E-state index in [0.717, 1.165) is 28.2 Å². The highest BCUT2D eigenvalue weighted by Crippen LogP contribution is 2.23. The van der Waals surface area contributed by atoms with E-state index in [9.17, 15) is 0 Å². The van der Waals surface area contributed by atoms with Gasteiger partial charge >= 0.3 is 0 Å². The van der Waals surface area contributed by atoms with Crippen molar-refractivity contribution >= 4 is 28.2 Å². The van der Waals surface area contributed by atoms with E-state index >= 15 is 0 Å². The lowest BCUT2D eigenvalue weighted by molar-refractivity contribution is 0.229. The lowest BCUT2D eigenvalue weighted by atomic mass is 9.95. The van der Waals surface area contributed by atoms with Crippen LogP contribution in [0.15, 0.2) is 49.8 Å².